The van der Waals surface area contributed by atoms with Crippen LogP contribution >= 0.6 is 0 Å². The van der Waals surface area contributed by atoms with Crippen LogP contribution in [-0.2, 0) is 0 Å². The maximum absolute atomic E-state index is 12.7. The summed E-state index contributed by atoms with van der Waals surface area (Å²) in [5.74, 6) is -0.0970. The Bertz CT molecular complexity index is 636. The minimum atomic E-state index is -0.513. The molecule has 116 valence electrons. The monoisotopic (exact) mass is 299 g/mol. The number of piperidine rings is 1. The van der Waals surface area contributed by atoms with Gasteiger partial charge in [-0.1, -0.05) is 18.2 Å². The second-order valence-electron chi connectivity index (χ2n) is 5.78. The first kappa shape index (κ1) is 14.8. The predicted molar refractivity (Wildman–Crippen MR) is 83.9 cm³/mol. The van der Waals surface area contributed by atoms with Crippen molar-refractivity contribution in [3.05, 3.63) is 48.3 Å². The summed E-state index contributed by atoms with van der Waals surface area (Å²) in [6, 6.07) is 11.3. The minimum absolute atomic E-state index is 0.0970. The molecule has 1 aliphatic heterocycles. The van der Waals surface area contributed by atoms with E-state index in [1.54, 1.807) is 28.8 Å². The van der Waals surface area contributed by atoms with Crippen molar-refractivity contribution in [1.82, 2.24) is 14.7 Å². The molecule has 1 amide bonds. The summed E-state index contributed by atoms with van der Waals surface area (Å²) in [4.78, 5) is 14.5. The minimum Gasteiger partial charge on any atom is -0.391 e. The zero-order valence-corrected chi connectivity index (χ0v) is 12.7. The maximum atomic E-state index is 12.7. The van der Waals surface area contributed by atoms with Gasteiger partial charge in [-0.05, 0) is 44.4 Å². The van der Waals surface area contributed by atoms with Crippen LogP contribution in [0.25, 0.3) is 5.69 Å². The van der Waals surface area contributed by atoms with Crippen molar-refractivity contribution in [2.24, 2.45) is 0 Å². The first-order chi connectivity index (χ1) is 10.7. The van der Waals surface area contributed by atoms with Crippen molar-refractivity contribution in [2.75, 3.05) is 6.54 Å². The third-order valence-corrected chi connectivity index (χ3v) is 4.20. The smallest absolute Gasteiger partial charge is 0.274 e. The average molecular weight is 299 g/mol. The summed E-state index contributed by atoms with van der Waals surface area (Å²) < 4.78 is 1.70. The summed E-state index contributed by atoms with van der Waals surface area (Å²) in [6.07, 6.45) is 4.17. The van der Waals surface area contributed by atoms with Crippen LogP contribution < -0.4 is 0 Å². The predicted octanol–water partition coefficient (Wildman–Crippen LogP) is 2.25. The number of rotatable bonds is 3. The van der Waals surface area contributed by atoms with Crippen LogP contribution in [0.2, 0.25) is 0 Å². The Morgan fingerprint density at radius 1 is 1.27 bits per heavy atom. The van der Waals surface area contributed by atoms with Crippen molar-refractivity contribution < 1.29 is 9.90 Å². The molecule has 2 heterocycles. The lowest BCUT2D eigenvalue weighted by Crippen LogP contribution is -2.49. The standard InChI is InChI=1S/C17H21N3O2/c1-13(21)16-9-5-6-11-19(16)17(22)15-10-12-20(18-15)14-7-3-2-4-8-14/h2-4,7-8,10,12-13,16,21H,5-6,9,11H2,1H3. The molecule has 3 rings (SSSR count). The lowest BCUT2D eigenvalue weighted by molar-refractivity contribution is 0.0276. The Morgan fingerprint density at radius 3 is 2.77 bits per heavy atom. The second kappa shape index (κ2) is 6.32. The van der Waals surface area contributed by atoms with Crippen LogP contribution in [-0.4, -0.2) is 44.4 Å². The highest BCUT2D eigenvalue weighted by Gasteiger charge is 2.31. The van der Waals surface area contributed by atoms with Crippen LogP contribution in [0.15, 0.2) is 42.6 Å². The molecule has 5 heteroatoms. The Kier molecular flexibility index (Phi) is 4.24. The third-order valence-electron chi connectivity index (χ3n) is 4.20. The first-order valence-corrected chi connectivity index (χ1v) is 7.77. The van der Waals surface area contributed by atoms with Crippen LogP contribution in [0, 0.1) is 0 Å². The van der Waals surface area contributed by atoms with Gasteiger partial charge in [0.2, 0.25) is 0 Å². The van der Waals surface area contributed by atoms with Crippen LogP contribution in [0.5, 0.6) is 0 Å². The van der Waals surface area contributed by atoms with Crippen molar-refractivity contribution in [2.45, 2.75) is 38.3 Å². The van der Waals surface area contributed by atoms with E-state index in [9.17, 15) is 9.90 Å². The van der Waals surface area contributed by atoms with E-state index in [0.717, 1.165) is 24.9 Å². The number of aliphatic hydroxyl groups is 1. The van der Waals surface area contributed by atoms with Crippen molar-refractivity contribution >= 4 is 5.91 Å². The molecule has 22 heavy (non-hydrogen) atoms. The molecular weight excluding hydrogens is 278 g/mol. The molecule has 0 aliphatic carbocycles. The maximum Gasteiger partial charge on any atom is 0.274 e. The summed E-state index contributed by atoms with van der Waals surface area (Å²) in [7, 11) is 0. The number of aliphatic hydroxyl groups excluding tert-OH is 1. The SMILES string of the molecule is CC(O)C1CCCCN1C(=O)c1ccn(-c2ccccc2)n1. The summed E-state index contributed by atoms with van der Waals surface area (Å²) >= 11 is 0. The lowest BCUT2D eigenvalue weighted by atomic mass is 9.98. The van der Waals surface area contributed by atoms with Gasteiger partial charge in [0.25, 0.3) is 5.91 Å². The number of benzene rings is 1. The highest BCUT2D eigenvalue weighted by atomic mass is 16.3. The topological polar surface area (TPSA) is 58.4 Å². The van der Waals surface area contributed by atoms with Gasteiger partial charge in [-0.15, -0.1) is 0 Å². The molecule has 1 saturated heterocycles. The van der Waals surface area contributed by atoms with Crippen molar-refractivity contribution in [3.63, 3.8) is 0 Å². The van der Waals surface area contributed by atoms with Crippen molar-refractivity contribution in [1.29, 1.82) is 0 Å². The van der Waals surface area contributed by atoms with Gasteiger partial charge in [-0.3, -0.25) is 4.79 Å². The molecule has 5 nitrogen and oxygen atoms in total. The van der Waals surface area contributed by atoms with Crippen LogP contribution in [0.3, 0.4) is 0 Å². The molecule has 1 aromatic heterocycles. The number of carbonyl (C=O) groups excluding carboxylic acids is 1. The van der Waals surface area contributed by atoms with E-state index >= 15 is 0 Å². The zero-order chi connectivity index (χ0) is 15.5. The normalized spacial score (nSPS) is 19.9. The molecule has 2 atom stereocenters. The van der Waals surface area contributed by atoms with Gasteiger partial charge in [0, 0.05) is 12.7 Å². The van der Waals surface area contributed by atoms with Gasteiger partial charge in [0.05, 0.1) is 17.8 Å². The summed E-state index contributed by atoms with van der Waals surface area (Å²) in [5, 5.41) is 14.3. The van der Waals surface area contributed by atoms with E-state index in [1.165, 1.54) is 0 Å². The highest BCUT2D eigenvalue weighted by molar-refractivity contribution is 5.92. The van der Waals surface area contributed by atoms with Gasteiger partial charge < -0.3 is 10.0 Å². The number of amides is 1. The molecule has 1 fully saturated rings. The number of hydrogen-bond acceptors (Lipinski definition) is 3. The quantitative estimate of drug-likeness (QED) is 0.945. The zero-order valence-electron chi connectivity index (χ0n) is 12.7. The molecule has 0 spiro atoms. The first-order valence-electron chi connectivity index (χ1n) is 7.77. The average Bonchev–Trinajstić information content (AvgIpc) is 3.05. The Labute approximate surface area is 130 Å². The lowest BCUT2D eigenvalue weighted by Gasteiger charge is -2.37. The molecule has 0 radical (unpaired) electrons. The Balaban J connectivity index is 1.82. The fourth-order valence-electron chi connectivity index (χ4n) is 3.02. The van der Waals surface area contributed by atoms with Gasteiger partial charge in [0.15, 0.2) is 5.69 Å². The van der Waals surface area contributed by atoms with Gasteiger partial charge >= 0.3 is 0 Å². The Hall–Kier alpha value is -2.14. The molecule has 1 aromatic carbocycles. The number of para-hydroxylation sites is 1. The number of aromatic nitrogens is 2. The third kappa shape index (κ3) is 2.90. The fraction of sp³-hybridized carbons (Fsp3) is 0.412. The number of carbonyl (C=O) groups is 1. The van der Waals surface area contributed by atoms with Gasteiger partial charge in [0.1, 0.15) is 0 Å². The molecule has 1 N–H and O–H groups in total. The summed E-state index contributed by atoms with van der Waals surface area (Å²) in [5.41, 5.74) is 1.35. The number of hydrogen-bond donors (Lipinski definition) is 1. The van der Waals surface area contributed by atoms with E-state index in [-0.39, 0.29) is 11.9 Å². The molecule has 2 unspecified atom stereocenters. The highest BCUT2D eigenvalue weighted by Crippen LogP contribution is 2.22. The van der Waals surface area contributed by atoms with E-state index < -0.39 is 6.10 Å². The van der Waals surface area contributed by atoms with E-state index in [4.69, 9.17) is 0 Å². The molecular formula is C17H21N3O2. The molecule has 2 aromatic rings. The van der Waals surface area contributed by atoms with Gasteiger partial charge in [-0.2, -0.15) is 5.10 Å². The fourth-order valence-corrected chi connectivity index (χ4v) is 3.02. The van der Waals surface area contributed by atoms with Crippen LogP contribution in [0.1, 0.15) is 36.7 Å². The molecule has 0 saturated carbocycles. The molecule has 1 aliphatic rings. The van der Waals surface area contributed by atoms with Crippen molar-refractivity contribution in [3.8, 4) is 5.69 Å². The molecule has 0 bridgehead atoms. The van der Waals surface area contributed by atoms with E-state index in [1.807, 2.05) is 30.3 Å². The second-order valence-corrected chi connectivity index (χ2v) is 5.78. The summed E-state index contributed by atoms with van der Waals surface area (Å²) in [6.45, 7) is 2.44. The number of nitrogens with zero attached hydrogens (tertiary/aromatic N) is 3. The van der Waals surface area contributed by atoms with E-state index in [2.05, 4.69) is 5.10 Å². The van der Waals surface area contributed by atoms with E-state index in [0.29, 0.717) is 12.2 Å². The Morgan fingerprint density at radius 2 is 2.05 bits per heavy atom. The largest absolute Gasteiger partial charge is 0.391 e. The van der Waals surface area contributed by atoms with Crippen LogP contribution in [0.4, 0.5) is 0 Å². The number of likely N-dealkylation sites (tertiary alicyclic amines) is 1. The van der Waals surface area contributed by atoms with Gasteiger partial charge in [-0.25, -0.2) is 4.68 Å².